The Labute approximate surface area is 71.9 Å². The van der Waals surface area contributed by atoms with Gasteiger partial charge in [-0.05, 0) is 24.5 Å². The zero-order chi connectivity index (χ0) is 8.39. The van der Waals surface area contributed by atoms with E-state index < -0.39 is 0 Å². The highest BCUT2D eigenvalue weighted by Gasteiger charge is 2.30. The summed E-state index contributed by atoms with van der Waals surface area (Å²) in [4.78, 5) is 3.92. The Morgan fingerprint density at radius 2 is 2.25 bits per heavy atom. The lowest BCUT2D eigenvalue weighted by molar-refractivity contribution is 0.258. The number of rotatable bonds is 1. The first-order valence-electron chi connectivity index (χ1n) is 4.03. The average Bonchev–Trinajstić information content (AvgIpc) is 2.54. The third kappa shape index (κ3) is 1.49. The van der Waals surface area contributed by atoms with E-state index in [2.05, 4.69) is 4.98 Å². The number of aromatic nitrogens is 1. The van der Waals surface area contributed by atoms with Crippen LogP contribution in [0.3, 0.4) is 0 Å². The minimum atomic E-state index is -0.192. The summed E-state index contributed by atoms with van der Waals surface area (Å²) in [7, 11) is -0.192. The van der Waals surface area contributed by atoms with Crippen molar-refractivity contribution in [2.45, 2.75) is 13.0 Å². The molecule has 1 aromatic heterocycles. The van der Waals surface area contributed by atoms with Crippen LogP contribution < -0.4 is 5.46 Å². The van der Waals surface area contributed by atoms with Gasteiger partial charge in [-0.2, -0.15) is 0 Å². The van der Waals surface area contributed by atoms with Crippen LogP contribution in [-0.4, -0.2) is 24.8 Å². The van der Waals surface area contributed by atoms with Gasteiger partial charge < -0.3 is 9.31 Å². The van der Waals surface area contributed by atoms with Crippen LogP contribution >= 0.6 is 0 Å². The third-order valence-corrected chi connectivity index (χ3v) is 1.82. The van der Waals surface area contributed by atoms with Crippen molar-refractivity contribution in [2.24, 2.45) is 0 Å². The lowest BCUT2D eigenvalue weighted by Crippen LogP contribution is -2.31. The molecule has 1 unspecified atom stereocenters. The number of hydrogen-bond acceptors (Lipinski definition) is 3. The minimum absolute atomic E-state index is 0.192. The Morgan fingerprint density at radius 3 is 2.83 bits per heavy atom. The summed E-state index contributed by atoms with van der Waals surface area (Å²) in [6.45, 7) is 2.67. The van der Waals surface area contributed by atoms with Crippen molar-refractivity contribution in [1.29, 1.82) is 0 Å². The first-order chi connectivity index (χ1) is 5.86. The SMILES string of the molecule is CC1COB(c2ccncc2)O1. The molecule has 0 aromatic carbocycles. The molecule has 1 atom stereocenters. The largest absolute Gasteiger partial charge is 0.494 e. The summed E-state index contributed by atoms with van der Waals surface area (Å²) in [5.74, 6) is 0. The second kappa shape index (κ2) is 3.25. The normalized spacial score (nSPS) is 23.1. The van der Waals surface area contributed by atoms with Crippen LogP contribution in [0.4, 0.5) is 0 Å². The van der Waals surface area contributed by atoms with Crippen LogP contribution in [0.1, 0.15) is 6.92 Å². The van der Waals surface area contributed by atoms with Gasteiger partial charge in [-0.1, -0.05) is 0 Å². The van der Waals surface area contributed by atoms with Gasteiger partial charge >= 0.3 is 7.12 Å². The monoisotopic (exact) mass is 163 g/mol. The molecule has 62 valence electrons. The van der Waals surface area contributed by atoms with Crippen molar-refractivity contribution in [2.75, 3.05) is 6.61 Å². The highest BCUT2D eigenvalue weighted by atomic mass is 16.6. The first kappa shape index (κ1) is 7.77. The molecule has 2 heterocycles. The Balaban J connectivity index is 2.11. The van der Waals surface area contributed by atoms with E-state index in [1.165, 1.54) is 0 Å². The Hall–Kier alpha value is -0.865. The van der Waals surface area contributed by atoms with Crippen LogP contribution in [0, 0.1) is 0 Å². The summed E-state index contributed by atoms with van der Waals surface area (Å²) in [5, 5.41) is 0. The van der Waals surface area contributed by atoms with E-state index >= 15 is 0 Å². The molecule has 1 saturated heterocycles. The van der Waals surface area contributed by atoms with Crippen molar-refractivity contribution in [1.82, 2.24) is 4.98 Å². The predicted octanol–water partition coefficient (Wildman–Crippen LogP) is 0.212. The maximum absolute atomic E-state index is 5.50. The second-order valence-corrected chi connectivity index (χ2v) is 2.89. The van der Waals surface area contributed by atoms with Crippen LogP contribution in [-0.2, 0) is 9.31 Å². The van der Waals surface area contributed by atoms with E-state index in [1.807, 2.05) is 19.1 Å². The molecule has 0 saturated carbocycles. The fourth-order valence-electron chi connectivity index (χ4n) is 1.21. The summed E-state index contributed by atoms with van der Waals surface area (Å²) < 4.78 is 10.9. The van der Waals surface area contributed by atoms with E-state index in [-0.39, 0.29) is 13.2 Å². The molecule has 3 nitrogen and oxygen atoms in total. The van der Waals surface area contributed by atoms with Gasteiger partial charge in [0.25, 0.3) is 0 Å². The van der Waals surface area contributed by atoms with E-state index in [0.717, 1.165) is 5.46 Å². The summed E-state index contributed by atoms with van der Waals surface area (Å²) >= 11 is 0. The predicted molar refractivity (Wildman–Crippen MR) is 46.1 cm³/mol. The Kier molecular flexibility index (Phi) is 2.10. The molecule has 0 aliphatic carbocycles. The van der Waals surface area contributed by atoms with Crippen molar-refractivity contribution in [3.05, 3.63) is 24.5 Å². The molecule has 0 radical (unpaired) electrons. The maximum Gasteiger partial charge on any atom is 0.494 e. The standard InChI is InChI=1S/C8H10BNO2/c1-7-6-11-9(12-7)8-2-4-10-5-3-8/h2-5,7H,6H2,1H3. The molecule has 2 rings (SSSR count). The van der Waals surface area contributed by atoms with Crippen molar-refractivity contribution in [3.63, 3.8) is 0 Å². The molecular formula is C8H10BNO2. The van der Waals surface area contributed by atoms with E-state index in [4.69, 9.17) is 9.31 Å². The van der Waals surface area contributed by atoms with Crippen LogP contribution in [0.5, 0.6) is 0 Å². The molecule has 0 N–H and O–H groups in total. The molecule has 1 aliphatic rings. The molecule has 1 aromatic rings. The molecule has 4 heteroatoms. The maximum atomic E-state index is 5.50. The van der Waals surface area contributed by atoms with Crippen LogP contribution in [0.25, 0.3) is 0 Å². The first-order valence-corrected chi connectivity index (χ1v) is 4.03. The quantitative estimate of drug-likeness (QED) is 0.554. The van der Waals surface area contributed by atoms with Crippen LogP contribution in [0.2, 0.25) is 0 Å². The number of hydrogen-bond donors (Lipinski definition) is 0. The highest BCUT2D eigenvalue weighted by molar-refractivity contribution is 6.61. The molecule has 0 amide bonds. The lowest BCUT2D eigenvalue weighted by Gasteiger charge is -2.03. The van der Waals surface area contributed by atoms with Gasteiger partial charge in [-0.25, -0.2) is 0 Å². The molecule has 1 fully saturated rings. The lowest BCUT2D eigenvalue weighted by atomic mass is 9.80. The van der Waals surface area contributed by atoms with E-state index in [9.17, 15) is 0 Å². The number of pyridine rings is 1. The molecule has 12 heavy (non-hydrogen) atoms. The van der Waals surface area contributed by atoms with Gasteiger partial charge in [-0.3, -0.25) is 4.98 Å². The summed E-state index contributed by atoms with van der Waals surface area (Å²) in [6.07, 6.45) is 3.68. The van der Waals surface area contributed by atoms with Gasteiger partial charge in [0.15, 0.2) is 0 Å². The van der Waals surface area contributed by atoms with Gasteiger partial charge in [-0.15, -0.1) is 0 Å². The smallest absolute Gasteiger partial charge is 0.405 e. The Morgan fingerprint density at radius 1 is 1.50 bits per heavy atom. The van der Waals surface area contributed by atoms with E-state index in [1.54, 1.807) is 12.4 Å². The van der Waals surface area contributed by atoms with Gasteiger partial charge in [0.2, 0.25) is 0 Å². The highest BCUT2D eigenvalue weighted by Crippen LogP contribution is 2.06. The zero-order valence-electron chi connectivity index (χ0n) is 6.93. The van der Waals surface area contributed by atoms with Crippen molar-refractivity contribution >= 4 is 12.6 Å². The zero-order valence-corrected chi connectivity index (χ0v) is 6.93. The van der Waals surface area contributed by atoms with Gasteiger partial charge in [0.1, 0.15) is 0 Å². The van der Waals surface area contributed by atoms with Crippen LogP contribution in [0.15, 0.2) is 24.5 Å². The summed E-state index contributed by atoms with van der Waals surface area (Å²) in [6, 6.07) is 3.81. The van der Waals surface area contributed by atoms with Crippen molar-refractivity contribution in [3.8, 4) is 0 Å². The second-order valence-electron chi connectivity index (χ2n) is 2.89. The Bertz CT molecular complexity index is 254. The molecular weight excluding hydrogens is 153 g/mol. The van der Waals surface area contributed by atoms with Crippen molar-refractivity contribution < 1.29 is 9.31 Å². The fourth-order valence-corrected chi connectivity index (χ4v) is 1.21. The fraction of sp³-hybridized carbons (Fsp3) is 0.375. The minimum Gasteiger partial charge on any atom is -0.405 e. The third-order valence-electron chi connectivity index (χ3n) is 1.82. The molecule has 1 aliphatic heterocycles. The number of nitrogens with zero attached hydrogens (tertiary/aromatic N) is 1. The molecule has 0 spiro atoms. The van der Waals surface area contributed by atoms with Gasteiger partial charge in [0.05, 0.1) is 12.7 Å². The average molecular weight is 163 g/mol. The topological polar surface area (TPSA) is 31.4 Å². The molecule has 0 bridgehead atoms. The van der Waals surface area contributed by atoms with E-state index in [0.29, 0.717) is 6.61 Å². The summed E-state index contributed by atoms with van der Waals surface area (Å²) in [5.41, 5.74) is 1.04. The van der Waals surface area contributed by atoms with Gasteiger partial charge in [0, 0.05) is 12.4 Å².